The maximum absolute atomic E-state index is 13.4. The summed E-state index contributed by atoms with van der Waals surface area (Å²) >= 11 is 0. The molecule has 0 fully saturated rings. The molecule has 1 aromatic heterocycles. The summed E-state index contributed by atoms with van der Waals surface area (Å²) in [6.07, 6.45) is -0.530. The Kier molecular flexibility index (Phi) is 2.11. The number of likely N-dealkylation sites (N-methyl/N-ethyl adjacent to an activating group) is 1. The number of benzene rings is 1. The van der Waals surface area contributed by atoms with Crippen LogP contribution in [0.25, 0.3) is 11.0 Å². The highest BCUT2D eigenvalue weighted by Gasteiger charge is 2.07. The van der Waals surface area contributed by atoms with E-state index in [2.05, 4.69) is 5.32 Å². The third kappa shape index (κ3) is 2.02. The van der Waals surface area contributed by atoms with Gasteiger partial charge in [0.25, 0.3) is 0 Å². The zero-order valence-electron chi connectivity index (χ0n) is 10.7. The van der Waals surface area contributed by atoms with Crippen LogP contribution in [0.3, 0.4) is 0 Å². The van der Waals surface area contributed by atoms with Gasteiger partial charge < -0.3 is 9.73 Å². The standard InChI is InChI=1S/C12H14FNO/c1-8(14-2)5-9-3-4-12-10(6-9)11(13)7-15-12/h3-4,6-8,14H,5H2,1-2H3/i5D2. The van der Waals surface area contributed by atoms with Gasteiger partial charge in [-0.25, -0.2) is 4.39 Å². The van der Waals surface area contributed by atoms with Gasteiger partial charge >= 0.3 is 0 Å². The van der Waals surface area contributed by atoms with E-state index >= 15 is 0 Å². The molecule has 2 nitrogen and oxygen atoms in total. The van der Waals surface area contributed by atoms with E-state index in [0.29, 0.717) is 16.5 Å². The molecule has 15 heavy (non-hydrogen) atoms. The normalized spacial score (nSPS) is 16.2. The van der Waals surface area contributed by atoms with Crippen LogP contribution in [0.1, 0.15) is 15.2 Å². The Morgan fingerprint density at radius 1 is 1.60 bits per heavy atom. The lowest BCUT2D eigenvalue weighted by molar-refractivity contribution is 0.558. The lowest BCUT2D eigenvalue weighted by Gasteiger charge is -2.09. The molecular weight excluding hydrogens is 193 g/mol. The molecule has 1 unspecified atom stereocenters. The lowest BCUT2D eigenvalue weighted by atomic mass is 10.1. The van der Waals surface area contributed by atoms with Crippen LogP contribution < -0.4 is 5.32 Å². The number of rotatable bonds is 3. The van der Waals surface area contributed by atoms with Crippen molar-refractivity contribution in [3.63, 3.8) is 0 Å². The third-order valence-electron chi connectivity index (χ3n) is 2.34. The summed E-state index contributed by atoms with van der Waals surface area (Å²) in [5, 5.41) is 3.18. The molecule has 0 aliphatic rings. The Balaban J connectivity index is 2.52. The summed E-state index contributed by atoms with van der Waals surface area (Å²) in [5.41, 5.74) is 0.867. The molecule has 3 heteroatoms. The van der Waals surface area contributed by atoms with E-state index in [1.165, 1.54) is 6.07 Å². The number of furan rings is 1. The summed E-state index contributed by atoms with van der Waals surface area (Å²) in [7, 11) is 1.69. The second-order valence-corrected chi connectivity index (χ2v) is 3.45. The van der Waals surface area contributed by atoms with E-state index < -0.39 is 12.2 Å². The lowest BCUT2D eigenvalue weighted by Crippen LogP contribution is -2.23. The Morgan fingerprint density at radius 3 is 3.13 bits per heavy atom. The van der Waals surface area contributed by atoms with E-state index in [9.17, 15) is 4.39 Å². The zero-order valence-corrected chi connectivity index (χ0v) is 8.67. The van der Waals surface area contributed by atoms with Gasteiger partial charge in [-0.3, -0.25) is 0 Å². The molecule has 0 saturated heterocycles. The summed E-state index contributed by atoms with van der Waals surface area (Å²) in [4.78, 5) is 0. The first-order valence-corrected chi connectivity index (χ1v) is 4.81. The van der Waals surface area contributed by atoms with Crippen molar-refractivity contribution in [2.45, 2.75) is 19.3 Å². The van der Waals surface area contributed by atoms with Crippen LogP contribution in [0.15, 0.2) is 28.9 Å². The summed E-state index contributed by atoms with van der Waals surface area (Å²) in [5.74, 6) is -0.463. The Labute approximate surface area is 90.9 Å². The predicted octanol–water partition coefficient (Wildman–Crippen LogP) is 2.72. The van der Waals surface area contributed by atoms with Crippen LogP contribution in [0.5, 0.6) is 0 Å². The molecule has 0 aliphatic heterocycles. The smallest absolute Gasteiger partial charge is 0.169 e. The molecule has 1 heterocycles. The van der Waals surface area contributed by atoms with Crippen molar-refractivity contribution in [1.82, 2.24) is 5.32 Å². The van der Waals surface area contributed by atoms with Crippen molar-refractivity contribution >= 4 is 11.0 Å². The molecule has 0 bridgehead atoms. The number of hydrogen-bond acceptors (Lipinski definition) is 2. The molecule has 80 valence electrons. The minimum absolute atomic E-state index is 0.315. The highest BCUT2D eigenvalue weighted by Crippen LogP contribution is 2.21. The van der Waals surface area contributed by atoms with Gasteiger partial charge in [0.15, 0.2) is 5.82 Å². The van der Waals surface area contributed by atoms with E-state index in [4.69, 9.17) is 7.16 Å². The topological polar surface area (TPSA) is 25.2 Å². The Hall–Kier alpha value is -1.35. The molecule has 2 aromatic rings. The summed E-state index contributed by atoms with van der Waals surface area (Å²) in [6.45, 7) is 1.75. The number of nitrogens with one attached hydrogen (secondary N) is 1. The van der Waals surface area contributed by atoms with Crippen LogP contribution in [0, 0.1) is 5.82 Å². The second-order valence-electron chi connectivity index (χ2n) is 3.45. The quantitative estimate of drug-likeness (QED) is 0.840. The zero-order chi connectivity index (χ0) is 12.6. The van der Waals surface area contributed by atoms with E-state index in [1.807, 2.05) is 0 Å². The van der Waals surface area contributed by atoms with E-state index in [-0.39, 0.29) is 6.04 Å². The van der Waals surface area contributed by atoms with Gasteiger partial charge in [-0.05, 0) is 38.0 Å². The number of hydrogen-bond donors (Lipinski definition) is 1. The van der Waals surface area contributed by atoms with Crippen molar-refractivity contribution in [2.24, 2.45) is 0 Å². The molecule has 0 spiro atoms. The van der Waals surface area contributed by atoms with Crippen LogP contribution >= 0.6 is 0 Å². The van der Waals surface area contributed by atoms with Crippen molar-refractivity contribution < 1.29 is 11.5 Å². The fourth-order valence-corrected chi connectivity index (χ4v) is 1.41. The van der Waals surface area contributed by atoms with Crippen molar-refractivity contribution in [3.8, 4) is 0 Å². The summed E-state index contributed by atoms with van der Waals surface area (Å²) < 4.78 is 34.4. The van der Waals surface area contributed by atoms with Crippen molar-refractivity contribution in [2.75, 3.05) is 7.05 Å². The molecule has 0 aliphatic carbocycles. The largest absolute Gasteiger partial charge is 0.461 e. The first-order valence-electron chi connectivity index (χ1n) is 5.81. The first-order chi connectivity index (χ1) is 7.96. The van der Waals surface area contributed by atoms with Gasteiger partial charge in [-0.1, -0.05) is 6.07 Å². The van der Waals surface area contributed by atoms with Gasteiger partial charge in [-0.2, -0.15) is 0 Å². The fraction of sp³-hybridized carbons (Fsp3) is 0.333. The van der Waals surface area contributed by atoms with Crippen molar-refractivity contribution in [1.29, 1.82) is 0 Å². The highest BCUT2D eigenvalue weighted by atomic mass is 19.1. The minimum Gasteiger partial charge on any atom is -0.461 e. The van der Waals surface area contributed by atoms with Gasteiger partial charge in [-0.15, -0.1) is 0 Å². The van der Waals surface area contributed by atoms with Crippen LogP contribution in [-0.2, 0) is 6.37 Å². The average molecular weight is 209 g/mol. The second kappa shape index (κ2) is 4.03. The van der Waals surface area contributed by atoms with Gasteiger partial charge in [0.1, 0.15) is 11.8 Å². The maximum atomic E-state index is 13.4. The average Bonchev–Trinajstić information content (AvgIpc) is 2.69. The molecule has 0 saturated carbocycles. The first kappa shape index (κ1) is 7.88. The Bertz CT molecular complexity index is 538. The Morgan fingerprint density at radius 2 is 2.40 bits per heavy atom. The maximum Gasteiger partial charge on any atom is 0.169 e. The van der Waals surface area contributed by atoms with Crippen LogP contribution in [0.4, 0.5) is 4.39 Å². The molecule has 1 aromatic carbocycles. The predicted molar refractivity (Wildman–Crippen MR) is 58.4 cm³/mol. The van der Waals surface area contributed by atoms with Gasteiger partial charge in [0.2, 0.25) is 0 Å². The minimum atomic E-state index is -1.56. The van der Waals surface area contributed by atoms with Crippen LogP contribution in [0.2, 0.25) is 0 Å². The molecule has 1 atom stereocenters. The fourth-order valence-electron chi connectivity index (χ4n) is 1.41. The van der Waals surface area contributed by atoms with Gasteiger partial charge in [0, 0.05) is 8.78 Å². The SMILES string of the molecule is [2H]C([2H])(c1ccc2occ(F)c2c1)C(C)NC. The summed E-state index contributed by atoms with van der Waals surface area (Å²) in [6, 6.07) is 4.35. The molecular formula is C12H14FNO. The van der Waals surface area contributed by atoms with Crippen molar-refractivity contribution in [3.05, 3.63) is 35.8 Å². The molecule has 0 radical (unpaired) electrons. The molecule has 2 rings (SSSR count). The molecule has 0 amide bonds. The monoisotopic (exact) mass is 209 g/mol. The van der Waals surface area contributed by atoms with E-state index in [0.717, 1.165) is 6.26 Å². The number of fused-ring (bicyclic) bond motifs is 1. The number of halogens is 1. The van der Waals surface area contributed by atoms with Gasteiger partial charge in [0.05, 0.1) is 5.39 Å². The van der Waals surface area contributed by atoms with E-state index in [1.54, 1.807) is 26.1 Å². The molecule has 1 N–H and O–H groups in total. The third-order valence-corrected chi connectivity index (χ3v) is 2.34. The highest BCUT2D eigenvalue weighted by molar-refractivity contribution is 5.78. The van der Waals surface area contributed by atoms with Crippen LogP contribution in [-0.4, -0.2) is 13.1 Å².